The van der Waals surface area contributed by atoms with Crippen molar-refractivity contribution in [3.63, 3.8) is 0 Å². The molecule has 29 heavy (non-hydrogen) atoms. The van der Waals surface area contributed by atoms with Crippen LogP contribution in [0.15, 0.2) is 89.3 Å². The first-order valence-corrected chi connectivity index (χ1v) is 9.61. The molecule has 0 radical (unpaired) electrons. The normalized spacial score (nSPS) is 10.6. The fraction of sp³-hybridized carbons (Fsp3) is 0.125. The van der Waals surface area contributed by atoms with Gasteiger partial charge in [-0.05, 0) is 54.8 Å². The summed E-state index contributed by atoms with van der Waals surface area (Å²) in [5.41, 5.74) is 3.69. The molecule has 4 rings (SSSR count). The van der Waals surface area contributed by atoms with Gasteiger partial charge < -0.3 is 9.73 Å². The Hall–Kier alpha value is -3.73. The second-order valence-corrected chi connectivity index (χ2v) is 6.74. The number of hydrogen-bond acceptors (Lipinski definition) is 4. The average Bonchev–Trinajstić information content (AvgIpc) is 3.26. The molecular formula is C24H21N3O2. The Labute approximate surface area is 169 Å². The molecule has 0 unspecified atom stereocenters. The largest absolute Gasteiger partial charge is 0.416 e. The van der Waals surface area contributed by atoms with Crippen LogP contribution in [0.25, 0.3) is 22.9 Å². The predicted octanol–water partition coefficient (Wildman–Crippen LogP) is 5.37. The third-order valence-electron chi connectivity index (χ3n) is 4.57. The highest BCUT2D eigenvalue weighted by atomic mass is 16.4. The first-order valence-electron chi connectivity index (χ1n) is 9.61. The van der Waals surface area contributed by atoms with Crippen molar-refractivity contribution >= 4 is 11.6 Å². The first-order chi connectivity index (χ1) is 14.3. The van der Waals surface area contributed by atoms with Crippen LogP contribution >= 0.6 is 0 Å². The van der Waals surface area contributed by atoms with Crippen molar-refractivity contribution in [1.82, 2.24) is 10.2 Å². The van der Waals surface area contributed by atoms with E-state index in [0.717, 1.165) is 29.7 Å². The van der Waals surface area contributed by atoms with Gasteiger partial charge in [0.1, 0.15) is 0 Å². The number of carbonyl (C=O) groups is 1. The summed E-state index contributed by atoms with van der Waals surface area (Å²) in [6, 6.07) is 27.2. The topological polar surface area (TPSA) is 68.0 Å². The zero-order valence-electron chi connectivity index (χ0n) is 15.9. The van der Waals surface area contributed by atoms with Crippen LogP contribution in [-0.4, -0.2) is 16.1 Å². The molecule has 0 aliphatic carbocycles. The molecule has 1 aromatic heterocycles. The molecule has 4 aromatic rings. The van der Waals surface area contributed by atoms with Crippen LogP contribution in [0.5, 0.6) is 0 Å². The molecule has 1 heterocycles. The molecule has 144 valence electrons. The minimum Gasteiger partial charge on any atom is -0.416 e. The van der Waals surface area contributed by atoms with Crippen molar-refractivity contribution in [2.75, 3.05) is 5.32 Å². The van der Waals surface area contributed by atoms with Gasteiger partial charge in [-0.3, -0.25) is 4.79 Å². The van der Waals surface area contributed by atoms with Gasteiger partial charge in [0, 0.05) is 23.2 Å². The van der Waals surface area contributed by atoms with E-state index in [0.29, 0.717) is 18.2 Å². The molecule has 0 fully saturated rings. The highest BCUT2D eigenvalue weighted by molar-refractivity contribution is 5.90. The molecule has 3 aromatic carbocycles. The van der Waals surface area contributed by atoms with Gasteiger partial charge in [-0.25, -0.2) is 0 Å². The lowest BCUT2D eigenvalue weighted by Gasteiger charge is -2.06. The van der Waals surface area contributed by atoms with Gasteiger partial charge in [-0.15, -0.1) is 10.2 Å². The molecular weight excluding hydrogens is 362 g/mol. The Morgan fingerprint density at radius 3 is 2.00 bits per heavy atom. The monoisotopic (exact) mass is 383 g/mol. The van der Waals surface area contributed by atoms with Crippen molar-refractivity contribution in [1.29, 1.82) is 0 Å². The summed E-state index contributed by atoms with van der Waals surface area (Å²) in [5.74, 6) is 0.943. The summed E-state index contributed by atoms with van der Waals surface area (Å²) in [7, 11) is 0. The maximum Gasteiger partial charge on any atom is 0.248 e. The second-order valence-electron chi connectivity index (χ2n) is 6.74. The minimum absolute atomic E-state index is 0.0119. The van der Waals surface area contributed by atoms with Crippen molar-refractivity contribution in [2.24, 2.45) is 0 Å². The highest BCUT2D eigenvalue weighted by Crippen LogP contribution is 2.24. The lowest BCUT2D eigenvalue weighted by atomic mass is 10.1. The zero-order chi connectivity index (χ0) is 19.9. The van der Waals surface area contributed by atoms with E-state index < -0.39 is 0 Å². The van der Waals surface area contributed by atoms with Crippen LogP contribution in [0.3, 0.4) is 0 Å². The maximum absolute atomic E-state index is 12.2. The number of aromatic nitrogens is 2. The van der Waals surface area contributed by atoms with E-state index in [1.807, 2.05) is 72.8 Å². The Balaban J connectivity index is 1.32. The summed E-state index contributed by atoms with van der Waals surface area (Å²) in [6.07, 6.45) is 2.20. The maximum atomic E-state index is 12.2. The van der Waals surface area contributed by atoms with Crippen LogP contribution in [0.2, 0.25) is 0 Å². The van der Waals surface area contributed by atoms with Crippen LogP contribution in [-0.2, 0) is 11.2 Å². The third-order valence-corrected chi connectivity index (χ3v) is 4.57. The van der Waals surface area contributed by atoms with Gasteiger partial charge in [-0.1, -0.05) is 48.5 Å². The van der Waals surface area contributed by atoms with Crippen LogP contribution in [0, 0.1) is 0 Å². The predicted molar refractivity (Wildman–Crippen MR) is 113 cm³/mol. The van der Waals surface area contributed by atoms with Crippen molar-refractivity contribution in [2.45, 2.75) is 19.3 Å². The molecule has 0 spiro atoms. The molecule has 0 saturated heterocycles. The van der Waals surface area contributed by atoms with Gasteiger partial charge >= 0.3 is 0 Å². The zero-order valence-corrected chi connectivity index (χ0v) is 15.9. The molecule has 5 heteroatoms. The van der Waals surface area contributed by atoms with E-state index in [1.54, 1.807) is 0 Å². The molecule has 0 bridgehead atoms. The number of amides is 1. The van der Waals surface area contributed by atoms with Crippen molar-refractivity contribution in [3.8, 4) is 22.9 Å². The average molecular weight is 383 g/mol. The molecule has 0 aliphatic heterocycles. The lowest BCUT2D eigenvalue weighted by molar-refractivity contribution is -0.116. The Kier molecular flexibility index (Phi) is 5.76. The highest BCUT2D eigenvalue weighted by Gasteiger charge is 2.10. The van der Waals surface area contributed by atoms with Gasteiger partial charge in [0.25, 0.3) is 0 Å². The molecule has 0 saturated carbocycles. The van der Waals surface area contributed by atoms with Crippen LogP contribution < -0.4 is 5.32 Å². The molecule has 1 N–H and O–H groups in total. The van der Waals surface area contributed by atoms with E-state index in [1.165, 1.54) is 5.56 Å². The number of aryl methyl sites for hydroxylation is 1. The van der Waals surface area contributed by atoms with E-state index in [4.69, 9.17) is 4.42 Å². The molecule has 0 aliphatic rings. The van der Waals surface area contributed by atoms with E-state index in [2.05, 4.69) is 27.6 Å². The number of nitrogens with zero attached hydrogens (tertiary/aromatic N) is 2. The summed E-state index contributed by atoms with van der Waals surface area (Å²) >= 11 is 0. The smallest absolute Gasteiger partial charge is 0.248 e. The fourth-order valence-electron chi connectivity index (χ4n) is 3.05. The van der Waals surface area contributed by atoms with Gasteiger partial charge in [0.2, 0.25) is 17.7 Å². The molecule has 1 amide bonds. The second kappa shape index (κ2) is 8.97. The number of anilines is 1. The van der Waals surface area contributed by atoms with Crippen LogP contribution in [0.1, 0.15) is 18.4 Å². The fourth-order valence-corrected chi connectivity index (χ4v) is 3.05. The number of rotatable bonds is 7. The minimum atomic E-state index is 0.0119. The summed E-state index contributed by atoms with van der Waals surface area (Å²) in [5, 5.41) is 11.2. The summed E-state index contributed by atoms with van der Waals surface area (Å²) in [4.78, 5) is 12.2. The number of hydrogen-bond donors (Lipinski definition) is 1. The van der Waals surface area contributed by atoms with Crippen molar-refractivity contribution in [3.05, 3.63) is 90.5 Å². The number of benzene rings is 3. The van der Waals surface area contributed by atoms with Crippen LogP contribution in [0.4, 0.5) is 5.69 Å². The standard InChI is InChI=1S/C24H21N3O2/c28-22(13-7-10-18-8-3-1-4-9-18)25-21-16-14-20(15-17-21)24-27-26-23(29-24)19-11-5-2-6-12-19/h1-6,8-9,11-12,14-17H,7,10,13H2,(H,25,28). The summed E-state index contributed by atoms with van der Waals surface area (Å²) < 4.78 is 5.76. The lowest BCUT2D eigenvalue weighted by Crippen LogP contribution is -2.11. The van der Waals surface area contributed by atoms with E-state index >= 15 is 0 Å². The van der Waals surface area contributed by atoms with Gasteiger partial charge in [0.05, 0.1) is 0 Å². The van der Waals surface area contributed by atoms with Gasteiger partial charge in [-0.2, -0.15) is 0 Å². The van der Waals surface area contributed by atoms with Gasteiger partial charge in [0.15, 0.2) is 0 Å². The quantitative estimate of drug-likeness (QED) is 0.466. The Bertz CT molecular complexity index is 1060. The number of carbonyl (C=O) groups excluding carboxylic acids is 1. The Morgan fingerprint density at radius 1 is 0.759 bits per heavy atom. The third kappa shape index (κ3) is 4.96. The first kappa shape index (κ1) is 18.6. The SMILES string of the molecule is O=C(CCCc1ccccc1)Nc1ccc(-c2nnc(-c3ccccc3)o2)cc1. The molecule has 0 atom stereocenters. The Morgan fingerprint density at radius 2 is 1.34 bits per heavy atom. The van der Waals surface area contributed by atoms with E-state index in [-0.39, 0.29) is 5.91 Å². The molecule has 5 nitrogen and oxygen atoms in total. The number of nitrogens with one attached hydrogen (secondary N) is 1. The summed E-state index contributed by atoms with van der Waals surface area (Å²) in [6.45, 7) is 0. The van der Waals surface area contributed by atoms with E-state index in [9.17, 15) is 4.79 Å². The van der Waals surface area contributed by atoms with Crippen molar-refractivity contribution < 1.29 is 9.21 Å².